The van der Waals surface area contributed by atoms with Gasteiger partial charge in [0.15, 0.2) is 0 Å². The first-order chi connectivity index (χ1) is 6.59. The lowest BCUT2D eigenvalue weighted by atomic mass is 10.2. The fraction of sp³-hybridized carbons (Fsp3) is 0.400. The maximum absolute atomic E-state index is 13.0. The minimum atomic E-state index is -0.414. The summed E-state index contributed by atoms with van der Waals surface area (Å²) < 4.78 is 13.0. The molecule has 78 valence electrons. The minimum absolute atomic E-state index is 0.129. The van der Waals surface area contributed by atoms with E-state index in [4.69, 9.17) is 16.7 Å². The maximum Gasteiger partial charge on any atom is 0.142 e. The third kappa shape index (κ3) is 3.62. The highest BCUT2D eigenvalue weighted by Crippen LogP contribution is 2.15. The lowest BCUT2D eigenvalue weighted by Gasteiger charge is -2.07. The number of halogens is 2. The lowest BCUT2D eigenvalue weighted by Crippen LogP contribution is -2.23. The summed E-state index contributed by atoms with van der Waals surface area (Å²) in [7, 11) is 0. The second kappa shape index (κ2) is 5.29. The van der Waals surface area contributed by atoms with Gasteiger partial charge in [0.25, 0.3) is 0 Å². The Bertz CT molecular complexity index is 304. The molecule has 1 aromatic rings. The molecule has 2 N–H and O–H groups in total. The van der Waals surface area contributed by atoms with Crippen LogP contribution in [0.3, 0.4) is 0 Å². The molecule has 1 aromatic carbocycles. The van der Waals surface area contributed by atoms with E-state index >= 15 is 0 Å². The van der Waals surface area contributed by atoms with Crippen molar-refractivity contribution >= 4 is 11.6 Å². The molecule has 0 amide bonds. The highest BCUT2D eigenvalue weighted by atomic mass is 35.5. The van der Waals surface area contributed by atoms with Crippen molar-refractivity contribution < 1.29 is 9.50 Å². The summed E-state index contributed by atoms with van der Waals surface area (Å²) in [6, 6.07) is 4.66. The van der Waals surface area contributed by atoms with Crippen LogP contribution in [0.4, 0.5) is 4.39 Å². The molecule has 0 saturated carbocycles. The molecule has 0 heterocycles. The zero-order valence-electron chi connectivity index (χ0n) is 7.93. The fourth-order valence-corrected chi connectivity index (χ4v) is 1.19. The van der Waals surface area contributed by atoms with Crippen LogP contribution in [0.2, 0.25) is 5.02 Å². The van der Waals surface area contributed by atoms with Gasteiger partial charge in [-0.05, 0) is 24.6 Å². The van der Waals surface area contributed by atoms with Crippen molar-refractivity contribution in [3.8, 4) is 0 Å². The number of aliphatic hydroxyl groups is 1. The Kier molecular flexibility index (Phi) is 4.32. The van der Waals surface area contributed by atoms with E-state index in [0.717, 1.165) is 5.56 Å². The fourth-order valence-electron chi connectivity index (χ4n) is 1.07. The van der Waals surface area contributed by atoms with Gasteiger partial charge in [-0.1, -0.05) is 17.7 Å². The summed E-state index contributed by atoms with van der Waals surface area (Å²) in [4.78, 5) is 0. The molecule has 1 atom stereocenters. The van der Waals surface area contributed by atoms with Crippen LogP contribution >= 0.6 is 11.6 Å². The van der Waals surface area contributed by atoms with E-state index in [0.29, 0.717) is 13.1 Å². The van der Waals surface area contributed by atoms with Gasteiger partial charge in [0, 0.05) is 13.1 Å². The van der Waals surface area contributed by atoms with Crippen LogP contribution in [0.15, 0.2) is 18.2 Å². The van der Waals surface area contributed by atoms with E-state index in [1.165, 1.54) is 12.1 Å². The van der Waals surface area contributed by atoms with Crippen molar-refractivity contribution in [2.45, 2.75) is 19.6 Å². The smallest absolute Gasteiger partial charge is 0.142 e. The number of aliphatic hydroxyl groups excluding tert-OH is 1. The summed E-state index contributed by atoms with van der Waals surface area (Å²) in [5, 5.41) is 12.1. The van der Waals surface area contributed by atoms with Gasteiger partial charge in [-0.3, -0.25) is 0 Å². The summed E-state index contributed by atoms with van der Waals surface area (Å²) >= 11 is 5.53. The molecule has 0 saturated heterocycles. The molecule has 4 heteroatoms. The van der Waals surface area contributed by atoms with Crippen LogP contribution in [-0.2, 0) is 6.54 Å². The van der Waals surface area contributed by atoms with Crippen LogP contribution < -0.4 is 5.32 Å². The van der Waals surface area contributed by atoms with Gasteiger partial charge in [-0.15, -0.1) is 0 Å². The molecule has 1 rings (SSSR count). The van der Waals surface area contributed by atoms with Crippen molar-refractivity contribution in [1.29, 1.82) is 0 Å². The monoisotopic (exact) mass is 217 g/mol. The number of rotatable bonds is 4. The van der Waals surface area contributed by atoms with E-state index in [1.807, 2.05) is 0 Å². The predicted molar refractivity (Wildman–Crippen MR) is 54.8 cm³/mol. The van der Waals surface area contributed by atoms with Crippen LogP contribution in [-0.4, -0.2) is 17.8 Å². The summed E-state index contributed by atoms with van der Waals surface area (Å²) in [6.45, 7) is 2.71. The average molecular weight is 218 g/mol. The van der Waals surface area contributed by atoms with Crippen molar-refractivity contribution in [2.75, 3.05) is 6.54 Å². The number of benzene rings is 1. The first-order valence-corrected chi connectivity index (χ1v) is 4.80. The standard InChI is InChI=1S/C10H13ClFNO/c1-7(14)5-13-6-8-2-3-9(11)10(12)4-8/h2-4,7,13-14H,5-6H2,1H3. The van der Waals surface area contributed by atoms with E-state index in [9.17, 15) is 4.39 Å². The first-order valence-electron chi connectivity index (χ1n) is 4.42. The molecule has 0 aliphatic heterocycles. The molecule has 0 bridgehead atoms. The molecule has 0 aliphatic carbocycles. The van der Waals surface area contributed by atoms with Gasteiger partial charge in [0.05, 0.1) is 11.1 Å². The minimum Gasteiger partial charge on any atom is -0.392 e. The molecule has 0 radical (unpaired) electrons. The number of hydrogen-bond acceptors (Lipinski definition) is 2. The second-order valence-electron chi connectivity index (χ2n) is 3.23. The Morgan fingerprint density at radius 2 is 2.29 bits per heavy atom. The molecule has 2 nitrogen and oxygen atoms in total. The zero-order valence-corrected chi connectivity index (χ0v) is 8.68. The first kappa shape index (κ1) is 11.4. The highest BCUT2D eigenvalue weighted by molar-refractivity contribution is 6.30. The third-order valence-electron chi connectivity index (χ3n) is 1.75. The SMILES string of the molecule is CC(O)CNCc1ccc(Cl)c(F)c1. The summed E-state index contributed by atoms with van der Waals surface area (Å²) in [6.07, 6.45) is -0.396. The molecular weight excluding hydrogens is 205 g/mol. The molecule has 0 spiro atoms. The quantitative estimate of drug-likeness (QED) is 0.808. The summed E-state index contributed by atoms with van der Waals surface area (Å²) in [5.41, 5.74) is 0.813. The van der Waals surface area contributed by atoms with Crippen LogP contribution in [0.25, 0.3) is 0 Å². The van der Waals surface area contributed by atoms with Gasteiger partial charge in [-0.2, -0.15) is 0 Å². The van der Waals surface area contributed by atoms with Gasteiger partial charge in [-0.25, -0.2) is 4.39 Å². The molecule has 0 aromatic heterocycles. The normalized spacial score (nSPS) is 12.9. The second-order valence-corrected chi connectivity index (χ2v) is 3.64. The Morgan fingerprint density at radius 3 is 2.86 bits per heavy atom. The lowest BCUT2D eigenvalue weighted by molar-refractivity contribution is 0.191. The Balaban J connectivity index is 2.47. The maximum atomic E-state index is 13.0. The Labute approximate surface area is 87.7 Å². The zero-order chi connectivity index (χ0) is 10.6. The van der Waals surface area contributed by atoms with Gasteiger partial charge < -0.3 is 10.4 Å². The van der Waals surface area contributed by atoms with Crippen molar-refractivity contribution in [2.24, 2.45) is 0 Å². The van der Waals surface area contributed by atoms with E-state index < -0.39 is 11.9 Å². The number of nitrogens with one attached hydrogen (secondary N) is 1. The van der Waals surface area contributed by atoms with E-state index in [1.54, 1.807) is 13.0 Å². The topological polar surface area (TPSA) is 32.3 Å². The predicted octanol–water partition coefficient (Wildman–Crippen LogP) is 1.95. The molecule has 0 fully saturated rings. The van der Waals surface area contributed by atoms with Gasteiger partial charge >= 0.3 is 0 Å². The van der Waals surface area contributed by atoms with Crippen molar-refractivity contribution in [3.63, 3.8) is 0 Å². The van der Waals surface area contributed by atoms with Crippen LogP contribution in [0.5, 0.6) is 0 Å². The van der Waals surface area contributed by atoms with Crippen molar-refractivity contribution in [1.82, 2.24) is 5.32 Å². The molecular formula is C10H13ClFNO. The third-order valence-corrected chi connectivity index (χ3v) is 2.06. The van der Waals surface area contributed by atoms with Gasteiger partial charge in [0.1, 0.15) is 5.82 Å². The molecule has 1 unspecified atom stereocenters. The number of hydrogen-bond donors (Lipinski definition) is 2. The van der Waals surface area contributed by atoms with Crippen LogP contribution in [0.1, 0.15) is 12.5 Å². The Hall–Kier alpha value is -0.640. The molecule has 0 aliphatic rings. The van der Waals surface area contributed by atoms with E-state index in [2.05, 4.69) is 5.32 Å². The van der Waals surface area contributed by atoms with Crippen LogP contribution in [0, 0.1) is 5.82 Å². The highest BCUT2D eigenvalue weighted by Gasteiger charge is 2.01. The van der Waals surface area contributed by atoms with Gasteiger partial charge in [0.2, 0.25) is 0 Å². The van der Waals surface area contributed by atoms with E-state index in [-0.39, 0.29) is 5.02 Å². The van der Waals surface area contributed by atoms with Crippen molar-refractivity contribution in [3.05, 3.63) is 34.6 Å². The summed E-state index contributed by atoms with van der Waals surface area (Å²) in [5.74, 6) is -0.414. The Morgan fingerprint density at radius 1 is 1.57 bits per heavy atom. The molecule has 14 heavy (non-hydrogen) atoms. The average Bonchev–Trinajstić information content (AvgIpc) is 2.10. The largest absolute Gasteiger partial charge is 0.392 e.